The summed E-state index contributed by atoms with van der Waals surface area (Å²) in [7, 11) is 0. The molecular weight excluding hydrogens is 793 g/mol. The van der Waals surface area contributed by atoms with Gasteiger partial charge in [-0.25, -0.2) is 0 Å². The SMILES string of the molecule is CC1(C)CC(Nc2nc(NNc3nc(NC4CC(C)(C)N([O])C(C)(C)C4)nc(NC4CC(C)(C)N([O])C(C)(C)C4)n3)nc(NC3CC(C)(C)N([O])C(C)(C)C3)n2)CC(C)(C)N1[O]. The van der Waals surface area contributed by atoms with Crippen LogP contribution in [0.1, 0.15) is 162 Å². The maximum Gasteiger partial charge on any atom is 0.248 e. The van der Waals surface area contributed by atoms with Gasteiger partial charge in [0.25, 0.3) is 0 Å². The standard InChI is InChI=1S/C42H74N16O4/c1-35(2)17-25(18-36(3,4)55(35)59)43-29-47-30(44-26-19-37(5,6)56(60)38(7,8)20-26)50-33(49-29)53-54-34-51-31(45-27-21-39(9,10)57(61)40(11,12)22-27)48-32(52-34)46-28-23-41(13,14)58(62)42(15,16)24-28/h25-28H,17-24H2,1-16H3,(H3,43,44,47,49,50,53)(H3,45,46,48,51,52,54). The van der Waals surface area contributed by atoms with Gasteiger partial charge in [0.1, 0.15) is 0 Å². The normalized spacial score (nSPS) is 26.7. The Balaban J connectivity index is 1.31. The number of nitrogens with one attached hydrogen (secondary N) is 6. The Hall–Kier alpha value is -3.50. The molecule has 62 heavy (non-hydrogen) atoms. The van der Waals surface area contributed by atoms with Crippen LogP contribution < -0.4 is 32.1 Å². The van der Waals surface area contributed by atoms with E-state index in [4.69, 9.17) is 29.9 Å². The molecule has 6 N–H and O–H groups in total. The molecule has 346 valence electrons. The molecule has 0 saturated carbocycles. The first-order valence-electron chi connectivity index (χ1n) is 22.2. The lowest BCUT2D eigenvalue weighted by Gasteiger charge is -2.50. The quantitative estimate of drug-likeness (QED) is 0.130. The van der Waals surface area contributed by atoms with E-state index in [0.29, 0.717) is 75.2 Å². The van der Waals surface area contributed by atoms with Crippen LogP contribution in [-0.2, 0) is 20.8 Å². The molecule has 0 aliphatic carbocycles. The van der Waals surface area contributed by atoms with Gasteiger partial charge in [0.05, 0.1) is 0 Å². The van der Waals surface area contributed by atoms with Crippen LogP contribution in [0.2, 0.25) is 0 Å². The zero-order valence-corrected chi connectivity index (χ0v) is 40.1. The summed E-state index contributed by atoms with van der Waals surface area (Å²) in [5.41, 5.74) is 1.25. The Labute approximate surface area is 368 Å². The van der Waals surface area contributed by atoms with Crippen molar-refractivity contribution in [2.45, 2.75) is 231 Å². The smallest absolute Gasteiger partial charge is 0.248 e. The summed E-state index contributed by atoms with van der Waals surface area (Å²) in [6.45, 7) is 31.2. The molecule has 4 fully saturated rings. The van der Waals surface area contributed by atoms with Gasteiger partial charge in [-0.3, -0.25) is 10.9 Å². The van der Waals surface area contributed by atoms with Crippen molar-refractivity contribution >= 4 is 35.7 Å². The highest BCUT2D eigenvalue weighted by atomic mass is 16.5. The number of hydrazine groups is 1. The van der Waals surface area contributed by atoms with Crippen molar-refractivity contribution < 1.29 is 20.8 Å². The molecule has 0 spiro atoms. The lowest BCUT2D eigenvalue weighted by atomic mass is 9.79. The first kappa shape index (κ1) is 48.0. The van der Waals surface area contributed by atoms with E-state index >= 15 is 0 Å². The van der Waals surface area contributed by atoms with Crippen LogP contribution in [0, 0.1) is 0 Å². The first-order valence-corrected chi connectivity index (χ1v) is 22.2. The van der Waals surface area contributed by atoms with Crippen LogP contribution >= 0.6 is 0 Å². The minimum Gasteiger partial charge on any atom is -0.351 e. The second-order valence-electron chi connectivity index (χ2n) is 23.5. The average Bonchev–Trinajstić information content (AvgIpc) is 3.09. The molecule has 0 amide bonds. The number of hydrogen-bond donors (Lipinski definition) is 6. The Morgan fingerprint density at radius 1 is 0.306 bits per heavy atom. The molecule has 2 aromatic heterocycles. The Morgan fingerprint density at radius 3 is 0.613 bits per heavy atom. The average molecular weight is 867 g/mol. The molecule has 20 nitrogen and oxygen atoms in total. The molecule has 4 aliphatic heterocycles. The summed E-state index contributed by atoms with van der Waals surface area (Å²) in [5.74, 6) is 1.60. The molecular formula is C42H74N16O4. The van der Waals surface area contributed by atoms with E-state index in [-0.39, 0.29) is 36.1 Å². The molecule has 0 aromatic carbocycles. The van der Waals surface area contributed by atoms with Crippen molar-refractivity contribution in [1.29, 1.82) is 0 Å². The van der Waals surface area contributed by atoms with Gasteiger partial charge in [0.15, 0.2) is 0 Å². The molecule has 4 radical (unpaired) electrons. The van der Waals surface area contributed by atoms with Crippen molar-refractivity contribution in [2.75, 3.05) is 32.1 Å². The first-order chi connectivity index (χ1) is 28.2. The van der Waals surface area contributed by atoms with Gasteiger partial charge in [-0.05, 0) is 162 Å². The summed E-state index contributed by atoms with van der Waals surface area (Å²) in [6.07, 6.45) is 4.56. The maximum atomic E-state index is 13.2. The second kappa shape index (κ2) is 16.2. The maximum absolute atomic E-state index is 13.2. The third-order valence-electron chi connectivity index (χ3n) is 13.3. The predicted octanol–water partition coefficient (Wildman–Crippen LogP) is 6.61. The zero-order chi connectivity index (χ0) is 46.2. The molecule has 0 atom stereocenters. The van der Waals surface area contributed by atoms with Crippen LogP contribution in [0.15, 0.2) is 0 Å². The van der Waals surface area contributed by atoms with Crippen LogP contribution in [0.5, 0.6) is 0 Å². The van der Waals surface area contributed by atoms with Crippen molar-refractivity contribution in [1.82, 2.24) is 50.2 Å². The largest absolute Gasteiger partial charge is 0.351 e. The van der Waals surface area contributed by atoms with E-state index in [2.05, 4.69) is 32.1 Å². The molecule has 2 aromatic rings. The molecule has 0 unspecified atom stereocenters. The van der Waals surface area contributed by atoms with E-state index < -0.39 is 44.3 Å². The number of hydroxylamine groups is 8. The number of rotatable bonds is 11. The highest BCUT2D eigenvalue weighted by Gasteiger charge is 2.50. The van der Waals surface area contributed by atoms with Gasteiger partial charge in [-0.2, -0.15) is 29.9 Å². The predicted molar refractivity (Wildman–Crippen MR) is 236 cm³/mol. The van der Waals surface area contributed by atoms with Gasteiger partial charge >= 0.3 is 0 Å². The molecule has 6 rings (SSSR count). The fourth-order valence-electron chi connectivity index (χ4n) is 11.4. The Morgan fingerprint density at radius 2 is 0.452 bits per heavy atom. The van der Waals surface area contributed by atoms with E-state index in [1.165, 1.54) is 20.3 Å². The van der Waals surface area contributed by atoms with Gasteiger partial charge in [-0.15, -0.1) is 41.1 Å². The Bertz CT molecular complexity index is 1590. The number of nitrogens with zero attached hydrogens (tertiary/aromatic N) is 10. The topological polar surface area (TPSA) is 242 Å². The monoisotopic (exact) mass is 867 g/mol. The van der Waals surface area contributed by atoms with Crippen LogP contribution in [0.3, 0.4) is 0 Å². The fourth-order valence-corrected chi connectivity index (χ4v) is 11.4. The number of piperidine rings is 4. The third kappa shape index (κ3) is 10.4. The zero-order valence-electron chi connectivity index (χ0n) is 40.1. The third-order valence-corrected chi connectivity index (χ3v) is 13.3. The van der Waals surface area contributed by atoms with Crippen molar-refractivity contribution in [2.24, 2.45) is 0 Å². The molecule has 20 heteroatoms. The van der Waals surface area contributed by atoms with E-state index in [1.807, 2.05) is 111 Å². The Kier molecular flexibility index (Phi) is 12.5. The van der Waals surface area contributed by atoms with Crippen molar-refractivity contribution in [3.05, 3.63) is 0 Å². The lowest BCUT2D eigenvalue weighted by Crippen LogP contribution is -2.61. The summed E-state index contributed by atoms with van der Waals surface area (Å²) in [6, 6.07) is -0.443. The van der Waals surface area contributed by atoms with Gasteiger partial charge in [-0.1, -0.05) is 0 Å². The fraction of sp³-hybridized carbons (Fsp3) is 0.857. The summed E-state index contributed by atoms with van der Waals surface area (Å²) in [5, 5.41) is 71.5. The van der Waals surface area contributed by atoms with E-state index in [1.54, 1.807) is 0 Å². The number of anilines is 6. The van der Waals surface area contributed by atoms with E-state index in [9.17, 15) is 20.8 Å². The van der Waals surface area contributed by atoms with E-state index in [0.717, 1.165) is 0 Å². The number of aromatic nitrogens is 6. The van der Waals surface area contributed by atoms with Crippen molar-refractivity contribution in [3.63, 3.8) is 0 Å². The highest BCUT2D eigenvalue weighted by molar-refractivity contribution is 5.49. The molecule has 6 heterocycles. The van der Waals surface area contributed by atoms with Gasteiger partial charge in [0, 0.05) is 68.5 Å². The minimum atomic E-state index is -0.620. The molecule has 0 bridgehead atoms. The van der Waals surface area contributed by atoms with Gasteiger partial charge < -0.3 is 21.3 Å². The second-order valence-corrected chi connectivity index (χ2v) is 23.5. The van der Waals surface area contributed by atoms with Crippen molar-refractivity contribution in [3.8, 4) is 0 Å². The van der Waals surface area contributed by atoms with Crippen LogP contribution in [0.4, 0.5) is 35.7 Å². The molecule has 4 aliphatic rings. The summed E-state index contributed by atoms with van der Waals surface area (Å²) in [4.78, 5) is 28.7. The molecule has 4 saturated heterocycles. The van der Waals surface area contributed by atoms with Crippen LogP contribution in [0.25, 0.3) is 0 Å². The van der Waals surface area contributed by atoms with Gasteiger partial charge in [0.2, 0.25) is 35.7 Å². The summed E-state index contributed by atoms with van der Waals surface area (Å²) >= 11 is 0. The highest BCUT2D eigenvalue weighted by Crippen LogP contribution is 2.42. The summed E-state index contributed by atoms with van der Waals surface area (Å²) < 4.78 is 0. The number of hydrogen-bond acceptors (Lipinski definition) is 16. The van der Waals surface area contributed by atoms with Crippen LogP contribution in [-0.4, -0.2) is 119 Å². The lowest BCUT2D eigenvalue weighted by molar-refractivity contribution is -0.288. The minimum absolute atomic E-state index is 0.111.